The van der Waals surface area contributed by atoms with Gasteiger partial charge in [0.15, 0.2) is 18.1 Å². The number of nitrogens with zero attached hydrogens (tertiary/aromatic N) is 1. The predicted octanol–water partition coefficient (Wildman–Crippen LogP) is 4.57. The van der Waals surface area contributed by atoms with Crippen molar-refractivity contribution >= 4 is 28.1 Å². The number of carbonyl (C=O) groups is 1. The number of methoxy groups -OCH3 is 1. The van der Waals surface area contributed by atoms with Crippen LogP contribution in [0.1, 0.15) is 11.1 Å². The molecule has 3 rings (SSSR count). The summed E-state index contributed by atoms with van der Waals surface area (Å²) in [7, 11) is 1.54. The fraction of sp³-hybridized carbons (Fsp3) is 0.130. The molecule has 6 nitrogen and oxygen atoms in total. The Labute approximate surface area is 183 Å². The summed E-state index contributed by atoms with van der Waals surface area (Å²) in [6.07, 6.45) is 1.55. The van der Waals surface area contributed by atoms with Crippen molar-refractivity contribution in [2.24, 2.45) is 5.10 Å². The van der Waals surface area contributed by atoms with Crippen LogP contribution in [-0.4, -0.2) is 25.8 Å². The number of halogens is 1. The lowest BCUT2D eigenvalue weighted by Crippen LogP contribution is -2.24. The van der Waals surface area contributed by atoms with Crippen LogP contribution in [0.4, 0.5) is 0 Å². The average Bonchev–Trinajstić information content (AvgIpc) is 2.78. The van der Waals surface area contributed by atoms with Gasteiger partial charge in [0.2, 0.25) is 0 Å². The van der Waals surface area contributed by atoms with Gasteiger partial charge < -0.3 is 14.2 Å². The minimum atomic E-state index is -0.376. The number of carbonyl (C=O) groups excluding carboxylic acids is 1. The number of hydrogen-bond donors (Lipinski definition) is 1. The Kier molecular flexibility index (Phi) is 7.86. The number of benzene rings is 3. The minimum absolute atomic E-state index is 0.179. The Morgan fingerprint density at radius 3 is 2.50 bits per heavy atom. The first kappa shape index (κ1) is 21.4. The molecule has 1 amide bonds. The van der Waals surface area contributed by atoms with E-state index in [1.54, 1.807) is 24.4 Å². The van der Waals surface area contributed by atoms with E-state index < -0.39 is 0 Å². The summed E-state index contributed by atoms with van der Waals surface area (Å²) < 4.78 is 17.3. The molecule has 3 aromatic carbocycles. The molecule has 0 saturated carbocycles. The first-order valence-electron chi connectivity index (χ1n) is 9.19. The quantitative estimate of drug-likeness (QED) is 0.369. The Morgan fingerprint density at radius 2 is 1.77 bits per heavy atom. The van der Waals surface area contributed by atoms with Crippen LogP contribution in [-0.2, 0) is 11.4 Å². The van der Waals surface area contributed by atoms with Gasteiger partial charge in [-0.1, -0.05) is 46.3 Å². The van der Waals surface area contributed by atoms with Gasteiger partial charge in [-0.25, -0.2) is 5.43 Å². The highest BCUT2D eigenvalue weighted by molar-refractivity contribution is 9.10. The lowest BCUT2D eigenvalue weighted by Gasteiger charge is -2.10. The standard InChI is InChI=1S/C23H21BrN2O4/c1-28-22-13-19(24)9-12-21(22)30-16-23(27)26-25-14-17-7-10-20(11-8-17)29-15-18-5-3-2-4-6-18/h2-14H,15-16H2,1H3,(H,26,27). The second-order valence-corrected chi connectivity index (χ2v) is 7.14. The highest BCUT2D eigenvalue weighted by Crippen LogP contribution is 2.30. The van der Waals surface area contributed by atoms with Crippen molar-refractivity contribution in [3.05, 3.63) is 88.4 Å². The van der Waals surface area contributed by atoms with Crippen molar-refractivity contribution in [1.82, 2.24) is 5.43 Å². The number of amides is 1. The van der Waals surface area contributed by atoms with Gasteiger partial charge >= 0.3 is 0 Å². The lowest BCUT2D eigenvalue weighted by molar-refractivity contribution is -0.123. The molecule has 0 fully saturated rings. The average molecular weight is 469 g/mol. The molecule has 0 radical (unpaired) electrons. The number of rotatable bonds is 9. The van der Waals surface area contributed by atoms with Crippen LogP contribution in [0.15, 0.2) is 82.4 Å². The topological polar surface area (TPSA) is 69.2 Å². The van der Waals surface area contributed by atoms with Crippen LogP contribution < -0.4 is 19.6 Å². The van der Waals surface area contributed by atoms with Gasteiger partial charge in [-0.15, -0.1) is 0 Å². The third-order valence-corrected chi connectivity index (χ3v) is 4.51. The second kappa shape index (κ2) is 11.0. The SMILES string of the molecule is COc1cc(Br)ccc1OCC(=O)NN=Cc1ccc(OCc2ccccc2)cc1. The number of ether oxygens (including phenoxy) is 3. The van der Waals surface area contributed by atoms with Crippen LogP contribution in [0, 0.1) is 0 Å². The molecule has 0 unspecified atom stereocenters. The van der Waals surface area contributed by atoms with Crippen molar-refractivity contribution in [3.63, 3.8) is 0 Å². The Morgan fingerprint density at radius 1 is 1.00 bits per heavy atom. The summed E-state index contributed by atoms with van der Waals surface area (Å²) in [5.41, 5.74) is 4.37. The predicted molar refractivity (Wildman–Crippen MR) is 119 cm³/mol. The maximum absolute atomic E-state index is 11.9. The molecule has 0 aliphatic rings. The molecular formula is C23H21BrN2O4. The molecule has 0 aliphatic carbocycles. The fourth-order valence-electron chi connectivity index (χ4n) is 2.51. The van der Waals surface area contributed by atoms with Gasteiger partial charge in [-0.3, -0.25) is 4.79 Å². The Bertz CT molecular complexity index is 992. The maximum atomic E-state index is 11.9. The van der Waals surface area contributed by atoms with Gasteiger partial charge in [0.05, 0.1) is 13.3 Å². The van der Waals surface area contributed by atoms with Crippen molar-refractivity contribution < 1.29 is 19.0 Å². The van der Waals surface area contributed by atoms with E-state index in [1.165, 1.54) is 7.11 Å². The molecule has 154 valence electrons. The zero-order chi connectivity index (χ0) is 21.2. The molecule has 0 aromatic heterocycles. The summed E-state index contributed by atoms with van der Waals surface area (Å²) in [6.45, 7) is 0.328. The van der Waals surface area contributed by atoms with Crippen LogP contribution in [0.5, 0.6) is 17.2 Å². The van der Waals surface area contributed by atoms with E-state index in [1.807, 2.05) is 54.6 Å². The first-order chi connectivity index (χ1) is 14.6. The largest absolute Gasteiger partial charge is 0.493 e. The van der Waals surface area contributed by atoms with Crippen molar-refractivity contribution in [2.75, 3.05) is 13.7 Å². The van der Waals surface area contributed by atoms with E-state index in [4.69, 9.17) is 14.2 Å². The molecule has 0 saturated heterocycles. The van der Waals surface area contributed by atoms with Crippen LogP contribution in [0.25, 0.3) is 0 Å². The smallest absolute Gasteiger partial charge is 0.277 e. The normalized spacial score (nSPS) is 10.6. The Hall–Kier alpha value is -3.32. The third kappa shape index (κ3) is 6.63. The van der Waals surface area contributed by atoms with Crippen LogP contribution in [0.2, 0.25) is 0 Å². The van der Waals surface area contributed by atoms with E-state index in [2.05, 4.69) is 26.5 Å². The van der Waals surface area contributed by atoms with Crippen LogP contribution in [0.3, 0.4) is 0 Å². The molecule has 0 spiro atoms. The number of nitrogens with one attached hydrogen (secondary N) is 1. The summed E-state index contributed by atoms with van der Waals surface area (Å²) in [4.78, 5) is 11.9. The van der Waals surface area contributed by atoms with E-state index in [0.29, 0.717) is 18.1 Å². The summed E-state index contributed by atoms with van der Waals surface area (Å²) in [6, 6.07) is 22.7. The number of hydrogen-bond acceptors (Lipinski definition) is 5. The monoisotopic (exact) mass is 468 g/mol. The molecular weight excluding hydrogens is 448 g/mol. The Balaban J connectivity index is 1.44. The van der Waals surface area contributed by atoms with Crippen molar-refractivity contribution in [1.29, 1.82) is 0 Å². The van der Waals surface area contributed by atoms with Gasteiger partial charge in [0, 0.05) is 4.47 Å². The fourth-order valence-corrected chi connectivity index (χ4v) is 2.85. The van der Waals surface area contributed by atoms with Crippen molar-refractivity contribution in [3.8, 4) is 17.2 Å². The highest BCUT2D eigenvalue weighted by atomic mass is 79.9. The molecule has 0 bridgehead atoms. The summed E-state index contributed by atoms with van der Waals surface area (Å²) in [5.74, 6) is 1.40. The molecule has 30 heavy (non-hydrogen) atoms. The van der Waals surface area contributed by atoms with E-state index in [0.717, 1.165) is 21.3 Å². The third-order valence-electron chi connectivity index (χ3n) is 4.02. The van der Waals surface area contributed by atoms with E-state index in [-0.39, 0.29) is 12.5 Å². The first-order valence-corrected chi connectivity index (χ1v) is 9.98. The number of hydrazone groups is 1. The zero-order valence-corrected chi connectivity index (χ0v) is 18.0. The van der Waals surface area contributed by atoms with E-state index in [9.17, 15) is 4.79 Å². The molecule has 0 aliphatic heterocycles. The van der Waals surface area contributed by atoms with Gasteiger partial charge in [0.1, 0.15) is 12.4 Å². The second-order valence-electron chi connectivity index (χ2n) is 6.22. The molecule has 0 heterocycles. The molecule has 7 heteroatoms. The zero-order valence-electron chi connectivity index (χ0n) is 16.4. The lowest BCUT2D eigenvalue weighted by atomic mass is 10.2. The molecule has 1 N–H and O–H groups in total. The van der Waals surface area contributed by atoms with Gasteiger partial charge in [-0.05, 0) is 53.6 Å². The summed E-state index contributed by atoms with van der Waals surface area (Å²) >= 11 is 3.36. The van der Waals surface area contributed by atoms with Crippen LogP contribution >= 0.6 is 15.9 Å². The van der Waals surface area contributed by atoms with Gasteiger partial charge in [-0.2, -0.15) is 5.10 Å². The summed E-state index contributed by atoms with van der Waals surface area (Å²) in [5, 5.41) is 3.95. The van der Waals surface area contributed by atoms with Gasteiger partial charge in [0.25, 0.3) is 5.91 Å². The maximum Gasteiger partial charge on any atom is 0.277 e. The molecule has 3 aromatic rings. The minimum Gasteiger partial charge on any atom is -0.493 e. The molecule has 0 atom stereocenters. The van der Waals surface area contributed by atoms with Crippen molar-refractivity contribution in [2.45, 2.75) is 6.61 Å². The van der Waals surface area contributed by atoms with E-state index >= 15 is 0 Å². The highest BCUT2D eigenvalue weighted by Gasteiger charge is 2.07.